The van der Waals surface area contributed by atoms with Gasteiger partial charge in [0.1, 0.15) is 0 Å². The van der Waals surface area contributed by atoms with Gasteiger partial charge in [-0.05, 0) is 19.3 Å². The molecule has 88 valence electrons. The third-order valence-corrected chi connectivity index (χ3v) is 4.10. The first kappa shape index (κ1) is 12.4. The van der Waals surface area contributed by atoms with Crippen LogP contribution in [0.25, 0.3) is 0 Å². The Morgan fingerprint density at radius 1 is 1.47 bits per heavy atom. The average Bonchev–Trinajstić information content (AvgIpc) is 2.54. The zero-order valence-electron chi connectivity index (χ0n) is 8.52. The monoisotopic (exact) mass is 236 g/mol. The molecule has 1 fully saturated rings. The molecule has 5 nitrogen and oxygen atoms in total. The van der Waals surface area contributed by atoms with E-state index < -0.39 is 15.8 Å². The minimum atomic E-state index is -3.15. The Balaban J connectivity index is 2.28. The maximum atomic E-state index is 11.5. The van der Waals surface area contributed by atoms with E-state index in [2.05, 4.69) is 0 Å². The van der Waals surface area contributed by atoms with Gasteiger partial charge in [-0.3, -0.25) is 4.79 Å². The standard InChI is InChI=1S/C9H16O5S/c10-9(11)4-2-6-15(12,13)7-8-3-1-5-14-8/h8H,1-7H2,(H,10,11). The Kier molecular flexibility index (Phi) is 4.53. The SMILES string of the molecule is O=C(O)CCCS(=O)(=O)CC1CCCO1. The van der Waals surface area contributed by atoms with E-state index in [9.17, 15) is 13.2 Å². The second-order valence-electron chi connectivity index (χ2n) is 3.75. The first-order valence-corrected chi connectivity index (χ1v) is 6.85. The van der Waals surface area contributed by atoms with Crippen LogP contribution in [0.5, 0.6) is 0 Å². The lowest BCUT2D eigenvalue weighted by Gasteiger charge is -2.09. The van der Waals surface area contributed by atoms with Crippen molar-refractivity contribution in [3.63, 3.8) is 0 Å². The van der Waals surface area contributed by atoms with Crippen LogP contribution in [0.2, 0.25) is 0 Å². The van der Waals surface area contributed by atoms with Gasteiger partial charge in [0.05, 0.1) is 17.6 Å². The maximum absolute atomic E-state index is 11.5. The molecule has 1 atom stereocenters. The molecule has 0 saturated carbocycles. The summed E-state index contributed by atoms with van der Waals surface area (Å²) in [7, 11) is -3.15. The van der Waals surface area contributed by atoms with Gasteiger partial charge in [-0.1, -0.05) is 0 Å². The highest BCUT2D eigenvalue weighted by Gasteiger charge is 2.23. The van der Waals surface area contributed by atoms with Crippen LogP contribution < -0.4 is 0 Å². The molecule has 0 bridgehead atoms. The molecule has 1 saturated heterocycles. The van der Waals surface area contributed by atoms with Gasteiger partial charge in [-0.25, -0.2) is 8.42 Å². The van der Waals surface area contributed by atoms with Crippen LogP contribution in [0.1, 0.15) is 25.7 Å². The third kappa shape index (κ3) is 5.13. The average molecular weight is 236 g/mol. The molecule has 1 unspecified atom stereocenters. The highest BCUT2D eigenvalue weighted by Crippen LogP contribution is 2.14. The van der Waals surface area contributed by atoms with Crippen LogP contribution in [-0.2, 0) is 19.4 Å². The van der Waals surface area contributed by atoms with E-state index in [1.807, 2.05) is 0 Å². The number of aliphatic carboxylic acids is 1. The van der Waals surface area contributed by atoms with Crippen LogP contribution in [0.15, 0.2) is 0 Å². The van der Waals surface area contributed by atoms with E-state index in [0.717, 1.165) is 12.8 Å². The molecule has 0 radical (unpaired) electrons. The summed E-state index contributed by atoms with van der Waals surface area (Å²) in [4.78, 5) is 10.2. The summed E-state index contributed by atoms with van der Waals surface area (Å²) in [6.07, 6.45) is 1.61. The van der Waals surface area contributed by atoms with E-state index in [1.165, 1.54) is 0 Å². The highest BCUT2D eigenvalue weighted by atomic mass is 32.2. The number of carbonyl (C=O) groups is 1. The molecule has 1 rings (SSSR count). The molecule has 0 aromatic heterocycles. The van der Waals surface area contributed by atoms with Gasteiger partial charge in [0.2, 0.25) is 0 Å². The second kappa shape index (κ2) is 5.46. The number of rotatable bonds is 6. The van der Waals surface area contributed by atoms with Crippen LogP contribution in [0, 0.1) is 0 Å². The van der Waals surface area contributed by atoms with Crippen molar-refractivity contribution in [2.24, 2.45) is 0 Å². The van der Waals surface area contributed by atoms with E-state index in [1.54, 1.807) is 0 Å². The number of hydrogen-bond acceptors (Lipinski definition) is 4. The molecule has 0 aliphatic carbocycles. The summed E-state index contributed by atoms with van der Waals surface area (Å²) in [6.45, 7) is 0.634. The van der Waals surface area contributed by atoms with Crippen LogP contribution in [0.3, 0.4) is 0 Å². The number of sulfone groups is 1. The zero-order valence-corrected chi connectivity index (χ0v) is 9.33. The number of ether oxygens (including phenoxy) is 1. The first-order valence-electron chi connectivity index (χ1n) is 5.03. The molecule has 1 aliphatic rings. The number of hydrogen-bond donors (Lipinski definition) is 1. The quantitative estimate of drug-likeness (QED) is 0.724. The summed E-state index contributed by atoms with van der Waals surface area (Å²) >= 11 is 0. The smallest absolute Gasteiger partial charge is 0.303 e. The Hall–Kier alpha value is -0.620. The van der Waals surface area contributed by atoms with Crippen molar-refractivity contribution in [2.75, 3.05) is 18.1 Å². The predicted octanol–water partition coefficient (Wildman–Crippen LogP) is 0.445. The van der Waals surface area contributed by atoms with Crippen molar-refractivity contribution >= 4 is 15.8 Å². The number of carboxylic acids is 1. The van der Waals surface area contributed by atoms with Crippen molar-refractivity contribution in [1.29, 1.82) is 0 Å². The lowest BCUT2D eigenvalue weighted by atomic mass is 10.3. The van der Waals surface area contributed by atoms with Crippen molar-refractivity contribution in [3.8, 4) is 0 Å². The van der Waals surface area contributed by atoms with Gasteiger partial charge >= 0.3 is 5.97 Å². The van der Waals surface area contributed by atoms with Crippen LogP contribution in [-0.4, -0.2) is 43.7 Å². The van der Waals surface area contributed by atoms with Crippen molar-refractivity contribution in [3.05, 3.63) is 0 Å². The molecule has 1 aliphatic heterocycles. The summed E-state index contributed by atoms with van der Waals surface area (Å²) in [5, 5.41) is 8.38. The van der Waals surface area contributed by atoms with Gasteiger partial charge in [0.25, 0.3) is 0 Å². The lowest BCUT2D eigenvalue weighted by Crippen LogP contribution is -2.22. The molecule has 0 aromatic rings. The second-order valence-corrected chi connectivity index (χ2v) is 5.98. The Labute approximate surface area is 89.3 Å². The molecular formula is C9H16O5S. The predicted molar refractivity (Wildman–Crippen MR) is 54.5 cm³/mol. The largest absolute Gasteiger partial charge is 0.481 e. The minimum absolute atomic E-state index is 0.0343. The fourth-order valence-corrected chi connectivity index (χ4v) is 3.17. The number of carboxylic acid groups (broad SMARTS) is 1. The van der Waals surface area contributed by atoms with E-state index in [-0.39, 0.29) is 30.5 Å². The van der Waals surface area contributed by atoms with Gasteiger partial charge in [0.15, 0.2) is 9.84 Å². The van der Waals surface area contributed by atoms with Gasteiger partial charge < -0.3 is 9.84 Å². The van der Waals surface area contributed by atoms with Crippen molar-refractivity contribution in [2.45, 2.75) is 31.8 Å². The van der Waals surface area contributed by atoms with E-state index in [0.29, 0.717) is 6.61 Å². The first-order chi connectivity index (χ1) is 6.99. The van der Waals surface area contributed by atoms with Crippen LogP contribution in [0.4, 0.5) is 0 Å². The molecule has 6 heteroatoms. The normalized spacial score (nSPS) is 21.7. The fourth-order valence-electron chi connectivity index (χ4n) is 1.59. The van der Waals surface area contributed by atoms with E-state index in [4.69, 9.17) is 9.84 Å². The topological polar surface area (TPSA) is 80.7 Å². The zero-order chi connectivity index (χ0) is 11.3. The third-order valence-electron chi connectivity index (χ3n) is 2.31. The summed E-state index contributed by atoms with van der Waals surface area (Å²) in [5.74, 6) is -0.978. The lowest BCUT2D eigenvalue weighted by molar-refractivity contribution is -0.137. The molecule has 1 N–H and O–H groups in total. The molecule has 1 heterocycles. The molecule has 0 aromatic carbocycles. The van der Waals surface area contributed by atoms with Crippen molar-refractivity contribution < 1.29 is 23.1 Å². The summed E-state index contributed by atoms with van der Waals surface area (Å²) in [5.41, 5.74) is 0. The summed E-state index contributed by atoms with van der Waals surface area (Å²) < 4.78 is 28.2. The fraction of sp³-hybridized carbons (Fsp3) is 0.889. The van der Waals surface area contributed by atoms with E-state index >= 15 is 0 Å². The van der Waals surface area contributed by atoms with Crippen molar-refractivity contribution in [1.82, 2.24) is 0 Å². The molecular weight excluding hydrogens is 220 g/mol. The highest BCUT2D eigenvalue weighted by molar-refractivity contribution is 7.91. The van der Waals surface area contributed by atoms with Gasteiger partial charge in [-0.2, -0.15) is 0 Å². The minimum Gasteiger partial charge on any atom is -0.481 e. The Bertz CT molecular complexity index is 302. The van der Waals surface area contributed by atoms with Gasteiger partial charge in [0, 0.05) is 13.0 Å². The molecule has 0 spiro atoms. The van der Waals surface area contributed by atoms with Gasteiger partial charge in [-0.15, -0.1) is 0 Å². The Morgan fingerprint density at radius 2 is 2.20 bits per heavy atom. The Morgan fingerprint density at radius 3 is 2.73 bits per heavy atom. The summed E-state index contributed by atoms with van der Waals surface area (Å²) in [6, 6.07) is 0. The molecule has 0 amide bonds. The van der Waals surface area contributed by atoms with Crippen LogP contribution >= 0.6 is 0 Å². The maximum Gasteiger partial charge on any atom is 0.303 e. The molecule has 15 heavy (non-hydrogen) atoms.